The van der Waals surface area contributed by atoms with Crippen LogP contribution in [0.1, 0.15) is 30.4 Å². The number of nitrogens with zero attached hydrogens (tertiary/aromatic N) is 1. The molecular weight excluding hydrogens is 236 g/mol. The van der Waals surface area contributed by atoms with E-state index in [0.717, 1.165) is 13.0 Å². The van der Waals surface area contributed by atoms with E-state index in [0.29, 0.717) is 19.2 Å². The van der Waals surface area contributed by atoms with Crippen molar-refractivity contribution >= 4 is 0 Å². The van der Waals surface area contributed by atoms with Gasteiger partial charge in [0.25, 0.3) is 0 Å². The summed E-state index contributed by atoms with van der Waals surface area (Å²) in [6.07, 6.45) is 4.89. The number of likely N-dealkylation sites (tertiary alicyclic amines) is 1. The van der Waals surface area contributed by atoms with Crippen molar-refractivity contribution in [1.82, 2.24) is 4.90 Å². The van der Waals surface area contributed by atoms with Gasteiger partial charge in [0.15, 0.2) is 0 Å². The van der Waals surface area contributed by atoms with Crippen LogP contribution in [0.15, 0.2) is 24.3 Å². The minimum atomic E-state index is 0.602. The lowest BCUT2D eigenvalue weighted by atomic mass is 10.0. The Hall–Kier alpha value is -0.900. The molecule has 19 heavy (non-hydrogen) atoms. The van der Waals surface area contributed by atoms with E-state index in [-0.39, 0.29) is 0 Å². The average molecular weight is 262 g/mol. The fraction of sp³-hybridized carbons (Fsp3) is 0.625. The van der Waals surface area contributed by atoms with Crippen molar-refractivity contribution in [2.24, 2.45) is 5.73 Å². The lowest BCUT2D eigenvalue weighted by Crippen LogP contribution is -2.39. The van der Waals surface area contributed by atoms with Crippen LogP contribution in [0.4, 0.5) is 0 Å². The highest BCUT2D eigenvalue weighted by Crippen LogP contribution is 2.15. The minimum Gasteiger partial charge on any atom is -0.375 e. The van der Waals surface area contributed by atoms with E-state index in [1.54, 1.807) is 0 Å². The topological polar surface area (TPSA) is 38.5 Å². The van der Waals surface area contributed by atoms with Crippen molar-refractivity contribution in [2.45, 2.75) is 38.3 Å². The van der Waals surface area contributed by atoms with Crippen molar-refractivity contribution in [3.8, 4) is 0 Å². The summed E-state index contributed by atoms with van der Waals surface area (Å²) in [5.41, 5.74) is 8.10. The molecule has 0 bridgehead atoms. The maximum absolute atomic E-state index is 5.86. The Kier molecular flexibility index (Phi) is 5.83. The molecule has 2 N–H and O–H groups in total. The van der Waals surface area contributed by atoms with E-state index >= 15 is 0 Å². The van der Waals surface area contributed by atoms with Gasteiger partial charge in [-0.25, -0.2) is 0 Å². The molecule has 2 rings (SSSR count). The van der Waals surface area contributed by atoms with Crippen LogP contribution in [0.2, 0.25) is 0 Å². The van der Waals surface area contributed by atoms with Gasteiger partial charge in [-0.3, -0.25) is 0 Å². The molecule has 3 nitrogen and oxygen atoms in total. The predicted molar refractivity (Wildman–Crippen MR) is 79.1 cm³/mol. The number of nitrogens with two attached hydrogens (primary N) is 1. The fourth-order valence-corrected chi connectivity index (χ4v) is 2.64. The molecule has 0 spiro atoms. The van der Waals surface area contributed by atoms with Crippen LogP contribution in [0, 0.1) is 0 Å². The van der Waals surface area contributed by atoms with Gasteiger partial charge in [0.05, 0.1) is 13.2 Å². The molecule has 1 fully saturated rings. The van der Waals surface area contributed by atoms with E-state index in [9.17, 15) is 0 Å². The third-order valence-corrected chi connectivity index (χ3v) is 3.96. The molecular formula is C16H26N2O. The maximum Gasteiger partial charge on any atom is 0.0717 e. The van der Waals surface area contributed by atoms with Crippen LogP contribution in [-0.4, -0.2) is 37.7 Å². The van der Waals surface area contributed by atoms with Crippen LogP contribution in [0.5, 0.6) is 0 Å². The van der Waals surface area contributed by atoms with Gasteiger partial charge in [-0.15, -0.1) is 0 Å². The van der Waals surface area contributed by atoms with Gasteiger partial charge in [-0.05, 0) is 50.5 Å². The zero-order valence-corrected chi connectivity index (χ0v) is 12.0. The molecule has 1 heterocycles. The van der Waals surface area contributed by atoms with E-state index in [4.69, 9.17) is 10.5 Å². The van der Waals surface area contributed by atoms with Gasteiger partial charge in [-0.2, -0.15) is 0 Å². The zero-order valence-electron chi connectivity index (χ0n) is 12.0. The molecule has 0 amide bonds. The number of rotatable bonds is 6. The van der Waals surface area contributed by atoms with Gasteiger partial charge in [0, 0.05) is 6.04 Å². The van der Waals surface area contributed by atoms with E-state index in [2.05, 4.69) is 36.2 Å². The lowest BCUT2D eigenvalue weighted by Gasteiger charge is -2.32. The molecule has 0 aromatic heterocycles. The first-order chi connectivity index (χ1) is 9.29. The quantitative estimate of drug-likeness (QED) is 0.854. The number of benzene rings is 1. The molecule has 1 atom stereocenters. The number of ether oxygens (including phenoxy) is 1. The third-order valence-electron chi connectivity index (χ3n) is 3.96. The summed E-state index contributed by atoms with van der Waals surface area (Å²) in [6, 6.07) is 9.20. The van der Waals surface area contributed by atoms with Gasteiger partial charge in [0.2, 0.25) is 0 Å². The summed E-state index contributed by atoms with van der Waals surface area (Å²) in [4.78, 5) is 2.42. The second-order valence-electron chi connectivity index (χ2n) is 5.50. The Balaban J connectivity index is 1.72. The highest BCUT2D eigenvalue weighted by molar-refractivity contribution is 5.22. The van der Waals surface area contributed by atoms with Crippen molar-refractivity contribution < 1.29 is 4.74 Å². The lowest BCUT2D eigenvalue weighted by molar-refractivity contribution is 0.0444. The van der Waals surface area contributed by atoms with Crippen LogP contribution < -0.4 is 5.73 Å². The summed E-state index contributed by atoms with van der Waals surface area (Å²) >= 11 is 0. The molecule has 3 heteroatoms. The standard InChI is InChI=1S/C16H26N2O/c1-18-11-3-2-4-16(18)13-19-12-15-7-5-14(6-8-15)9-10-17/h5-8,16H,2-4,9-13,17H2,1H3. The highest BCUT2D eigenvalue weighted by atomic mass is 16.5. The van der Waals surface area contributed by atoms with Crippen molar-refractivity contribution in [1.29, 1.82) is 0 Å². The number of likely N-dealkylation sites (N-methyl/N-ethyl adjacent to an activating group) is 1. The molecule has 0 saturated carbocycles. The number of hydrogen-bond donors (Lipinski definition) is 1. The Morgan fingerprint density at radius 3 is 2.63 bits per heavy atom. The minimum absolute atomic E-state index is 0.602. The molecule has 106 valence electrons. The normalized spacial score (nSPS) is 20.6. The second-order valence-corrected chi connectivity index (χ2v) is 5.50. The molecule has 0 radical (unpaired) electrons. The Morgan fingerprint density at radius 2 is 1.95 bits per heavy atom. The van der Waals surface area contributed by atoms with E-state index in [1.165, 1.54) is 36.9 Å². The fourth-order valence-electron chi connectivity index (χ4n) is 2.64. The molecule has 0 aliphatic carbocycles. The molecule has 1 aliphatic heterocycles. The van der Waals surface area contributed by atoms with Gasteiger partial charge >= 0.3 is 0 Å². The molecule has 1 aromatic rings. The van der Waals surface area contributed by atoms with Crippen LogP contribution in [0.25, 0.3) is 0 Å². The second kappa shape index (κ2) is 7.63. The smallest absolute Gasteiger partial charge is 0.0717 e. The zero-order chi connectivity index (χ0) is 13.5. The summed E-state index contributed by atoms with van der Waals surface area (Å²) in [7, 11) is 2.20. The number of hydrogen-bond acceptors (Lipinski definition) is 3. The van der Waals surface area contributed by atoms with Gasteiger partial charge in [-0.1, -0.05) is 30.7 Å². The summed E-state index contributed by atoms with van der Waals surface area (Å²) in [5, 5.41) is 0. The average Bonchev–Trinajstić information content (AvgIpc) is 2.43. The van der Waals surface area contributed by atoms with Gasteiger partial charge < -0.3 is 15.4 Å². The van der Waals surface area contributed by atoms with E-state index < -0.39 is 0 Å². The van der Waals surface area contributed by atoms with Gasteiger partial charge in [0.1, 0.15) is 0 Å². The summed E-state index contributed by atoms with van der Waals surface area (Å²) < 4.78 is 5.86. The first kappa shape index (κ1) is 14.5. The Morgan fingerprint density at radius 1 is 1.21 bits per heavy atom. The van der Waals surface area contributed by atoms with Crippen LogP contribution in [0.3, 0.4) is 0 Å². The van der Waals surface area contributed by atoms with Crippen molar-refractivity contribution in [2.75, 3.05) is 26.7 Å². The third kappa shape index (κ3) is 4.60. The van der Waals surface area contributed by atoms with Crippen LogP contribution >= 0.6 is 0 Å². The monoisotopic (exact) mass is 262 g/mol. The molecule has 1 unspecified atom stereocenters. The SMILES string of the molecule is CN1CCCCC1COCc1ccc(CCN)cc1. The van der Waals surface area contributed by atoms with Crippen molar-refractivity contribution in [3.05, 3.63) is 35.4 Å². The summed E-state index contributed by atoms with van der Waals surface area (Å²) in [6.45, 7) is 3.49. The Labute approximate surface area is 116 Å². The van der Waals surface area contributed by atoms with Crippen LogP contribution in [-0.2, 0) is 17.8 Å². The molecule has 1 aromatic carbocycles. The molecule has 1 aliphatic rings. The first-order valence-electron chi connectivity index (χ1n) is 7.35. The number of piperidine rings is 1. The van der Waals surface area contributed by atoms with Crippen molar-refractivity contribution in [3.63, 3.8) is 0 Å². The largest absolute Gasteiger partial charge is 0.375 e. The summed E-state index contributed by atoms with van der Waals surface area (Å²) in [5.74, 6) is 0. The maximum atomic E-state index is 5.86. The first-order valence-corrected chi connectivity index (χ1v) is 7.35. The van der Waals surface area contributed by atoms with E-state index in [1.807, 2.05) is 0 Å². The highest BCUT2D eigenvalue weighted by Gasteiger charge is 2.18. The Bertz CT molecular complexity index is 364. The predicted octanol–water partition coefficient (Wildman–Crippen LogP) is 2.19. The molecule has 1 saturated heterocycles.